The number of amides is 1. The normalized spacial score (nSPS) is 14.6. The Balaban J connectivity index is 2.93. The van der Waals surface area contributed by atoms with Gasteiger partial charge in [0.2, 0.25) is 0 Å². The third-order valence-electron chi connectivity index (χ3n) is 2.57. The van der Waals surface area contributed by atoms with Crippen molar-refractivity contribution in [2.45, 2.75) is 17.1 Å². The average Bonchev–Trinajstić information content (AvgIpc) is 2.34. The van der Waals surface area contributed by atoms with Crippen LogP contribution in [0.15, 0.2) is 23.1 Å². The quantitative estimate of drug-likeness (QED) is 0.817. The van der Waals surface area contributed by atoms with Crippen LogP contribution in [0.4, 0.5) is 4.39 Å². The third-order valence-corrected chi connectivity index (χ3v) is 5.21. The molecule has 0 saturated carbocycles. The molecule has 1 N–H and O–H groups in total. The molecule has 2 unspecified atom stereocenters. The Labute approximate surface area is 123 Å². The molecule has 0 bridgehead atoms. The van der Waals surface area contributed by atoms with Gasteiger partial charge in [-0.05, 0) is 25.1 Å². The molecular formula is C11H13ClFNO4S2. The van der Waals surface area contributed by atoms with Gasteiger partial charge in [0, 0.05) is 45.1 Å². The number of nitrogens with one attached hydrogen (secondary N) is 1. The Morgan fingerprint density at radius 2 is 2.10 bits per heavy atom. The molecule has 0 fully saturated rings. The van der Waals surface area contributed by atoms with Crippen LogP contribution >= 0.6 is 10.7 Å². The first kappa shape index (κ1) is 17.1. The van der Waals surface area contributed by atoms with Gasteiger partial charge < -0.3 is 5.32 Å². The van der Waals surface area contributed by atoms with E-state index in [4.69, 9.17) is 10.7 Å². The summed E-state index contributed by atoms with van der Waals surface area (Å²) in [6.45, 7) is 1.85. The van der Waals surface area contributed by atoms with Crippen molar-refractivity contribution in [1.29, 1.82) is 0 Å². The lowest BCUT2D eigenvalue weighted by atomic mass is 10.2. The Kier molecular flexibility index (Phi) is 5.67. The number of rotatable bonds is 5. The number of carbonyl (C=O) groups is 1. The SMILES string of the molecule is CC(CNC(=O)c1ccc(F)c(S(=O)(=O)Cl)c1)S(C)=O. The predicted octanol–water partition coefficient (Wildman–Crippen LogP) is 1.25. The Morgan fingerprint density at radius 3 is 2.60 bits per heavy atom. The van der Waals surface area contributed by atoms with E-state index < -0.39 is 36.5 Å². The van der Waals surface area contributed by atoms with Crippen LogP contribution in [0.3, 0.4) is 0 Å². The van der Waals surface area contributed by atoms with E-state index in [1.807, 2.05) is 0 Å². The van der Waals surface area contributed by atoms with Gasteiger partial charge in [0.15, 0.2) is 0 Å². The zero-order chi connectivity index (χ0) is 15.5. The average molecular weight is 342 g/mol. The van der Waals surface area contributed by atoms with Gasteiger partial charge >= 0.3 is 0 Å². The summed E-state index contributed by atoms with van der Waals surface area (Å²) >= 11 is 0. The monoisotopic (exact) mass is 341 g/mol. The lowest BCUT2D eigenvalue weighted by molar-refractivity contribution is 0.0954. The molecular weight excluding hydrogens is 329 g/mol. The standard InChI is InChI=1S/C11H13ClFNO4S2/c1-7(19(2)16)6-14-11(15)8-3-4-9(13)10(5-8)20(12,17)18/h3-5,7H,6H2,1-2H3,(H,14,15). The summed E-state index contributed by atoms with van der Waals surface area (Å²) in [5, 5.41) is 2.23. The van der Waals surface area contributed by atoms with E-state index >= 15 is 0 Å². The highest BCUT2D eigenvalue weighted by Crippen LogP contribution is 2.20. The van der Waals surface area contributed by atoms with Crippen LogP contribution in [0.2, 0.25) is 0 Å². The first-order valence-corrected chi connectivity index (χ1v) is 9.40. The van der Waals surface area contributed by atoms with E-state index in [1.54, 1.807) is 6.92 Å². The van der Waals surface area contributed by atoms with Crippen molar-refractivity contribution in [2.24, 2.45) is 0 Å². The molecule has 1 aromatic rings. The molecule has 0 aliphatic heterocycles. The van der Waals surface area contributed by atoms with Gasteiger partial charge in [-0.15, -0.1) is 0 Å². The minimum absolute atomic E-state index is 0.0419. The van der Waals surface area contributed by atoms with Crippen LogP contribution in [0.25, 0.3) is 0 Å². The molecule has 0 spiro atoms. The van der Waals surface area contributed by atoms with Crippen molar-refractivity contribution in [3.05, 3.63) is 29.6 Å². The molecule has 0 aliphatic rings. The molecule has 0 aromatic heterocycles. The predicted molar refractivity (Wildman–Crippen MR) is 75.3 cm³/mol. The smallest absolute Gasteiger partial charge is 0.264 e. The summed E-state index contributed by atoms with van der Waals surface area (Å²) in [6, 6.07) is 2.86. The van der Waals surface area contributed by atoms with Crippen LogP contribution in [-0.4, -0.2) is 36.6 Å². The summed E-state index contributed by atoms with van der Waals surface area (Å²) in [7, 11) is -0.293. The molecule has 0 heterocycles. The molecule has 2 atom stereocenters. The fourth-order valence-corrected chi connectivity index (χ4v) is 2.53. The number of hydrogen-bond donors (Lipinski definition) is 1. The Hall–Kier alpha value is -0.990. The molecule has 20 heavy (non-hydrogen) atoms. The molecule has 1 aromatic carbocycles. The van der Waals surface area contributed by atoms with E-state index in [0.717, 1.165) is 18.2 Å². The summed E-state index contributed by atoms with van der Waals surface area (Å²) in [5.41, 5.74) is -0.0419. The van der Waals surface area contributed by atoms with E-state index in [-0.39, 0.29) is 17.4 Å². The molecule has 1 rings (SSSR count). The van der Waals surface area contributed by atoms with Crippen molar-refractivity contribution in [3.8, 4) is 0 Å². The summed E-state index contributed by atoms with van der Waals surface area (Å²) in [4.78, 5) is 11.0. The molecule has 112 valence electrons. The molecule has 5 nitrogen and oxygen atoms in total. The fourth-order valence-electron chi connectivity index (χ4n) is 1.29. The highest BCUT2D eigenvalue weighted by atomic mass is 35.7. The van der Waals surface area contributed by atoms with Crippen LogP contribution in [-0.2, 0) is 19.9 Å². The molecule has 0 radical (unpaired) electrons. The second kappa shape index (κ2) is 6.64. The van der Waals surface area contributed by atoms with Crippen molar-refractivity contribution in [1.82, 2.24) is 5.32 Å². The van der Waals surface area contributed by atoms with Crippen LogP contribution in [0, 0.1) is 5.82 Å². The van der Waals surface area contributed by atoms with E-state index in [0.29, 0.717) is 0 Å². The van der Waals surface area contributed by atoms with Crippen molar-refractivity contribution in [2.75, 3.05) is 12.8 Å². The molecule has 9 heteroatoms. The largest absolute Gasteiger partial charge is 0.351 e. The van der Waals surface area contributed by atoms with E-state index in [2.05, 4.69) is 5.32 Å². The molecule has 0 saturated heterocycles. The molecule has 0 aliphatic carbocycles. The van der Waals surface area contributed by atoms with Gasteiger partial charge in [-0.3, -0.25) is 9.00 Å². The highest BCUT2D eigenvalue weighted by molar-refractivity contribution is 8.13. The van der Waals surface area contributed by atoms with Crippen molar-refractivity contribution < 1.29 is 21.8 Å². The summed E-state index contributed by atoms with van der Waals surface area (Å²) in [5.74, 6) is -1.62. The lowest BCUT2D eigenvalue weighted by Gasteiger charge is -2.10. The number of carbonyl (C=O) groups excluding carboxylic acids is 1. The van der Waals surface area contributed by atoms with E-state index in [9.17, 15) is 21.8 Å². The number of hydrogen-bond acceptors (Lipinski definition) is 4. The summed E-state index contributed by atoms with van der Waals surface area (Å²) < 4.78 is 46.7. The first-order chi connectivity index (χ1) is 9.12. The fraction of sp³-hybridized carbons (Fsp3) is 0.364. The zero-order valence-corrected chi connectivity index (χ0v) is 13.1. The third kappa shape index (κ3) is 4.53. The topological polar surface area (TPSA) is 80.3 Å². The van der Waals surface area contributed by atoms with Gasteiger partial charge in [-0.1, -0.05) is 0 Å². The van der Waals surface area contributed by atoms with Crippen LogP contribution in [0.1, 0.15) is 17.3 Å². The highest BCUT2D eigenvalue weighted by Gasteiger charge is 2.19. The van der Waals surface area contributed by atoms with Gasteiger partial charge in [-0.2, -0.15) is 0 Å². The van der Waals surface area contributed by atoms with Gasteiger partial charge in [0.1, 0.15) is 10.7 Å². The number of benzene rings is 1. The Morgan fingerprint density at radius 1 is 1.50 bits per heavy atom. The van der Waals surface area contributed by atoms with Crippen LogP contribution in [0.5, 0.6) is 0 Å². The van der Waals surface area contributed by atoms with E-state index in [1.165, 1.54) is 6.26 Å². The maximum Gasteiger partial charge on any atom is 0.264 e. The second-order valence-electron chi connectivity index (χ2n) is 4.10. The lowest BCUT2D eigenvalue weighted by Crippen LogP contribution is -2.32. The van der Waals surface area contributed by atoms with Crippen LogP contribution < -0.4 is 5.32 Å². The van der Waals surface area contributed by atoms with Crippen molar-refractivity contribution in [3.63, 3.8) is 0 Å². The van der Waals surface area contributed by atoms with Gasteiger partial charge in [0.05, 0.1) is 0 Å². The number of halogens is 2. The van der Waals surface area contributed by atoms with Crippen molar-refractivity contribution >= 4 is 36.4 Å². The maximum atomic E-state index is 13.3. The Bertz CT molecular complexity index is 648. The zero-order valence-electron chi connectivity index (χ0n) is 10.7. The maximum absolute atomic E-state index is 13.3. The minimum Gasteiger partial charge on any atom is -0.351 e. The minimum atomic E-state index is -4.27. The van der Waals surface area contributed by atoms with Gasteiger partial charge in [0.25, 0.3) is 15.0 Å². The second-order valence-corrected chi connectivity index (χ2v) is 8.44. The molecule has 1 amide bonds. The van der Waals surface area contributed by atoms with Gasteiger partial charge in [-0.25, -0.2) is 12.8 Å². The first-order valence-electron chi connectivity index (χ1n) is 5.47. The summed E-state index contributed by atoms with van der Waals surface area (Å²) in [6.07, 6.45) is 1.51.